The second-order valence-corrected chi connectivity index (χ2v) is 7.55. The van der Waals surface area contributed by atoms with Gasteiger partial charge >= 0.3 is 0 Å². The lowest BCUT2D eigenvalue weighted by Crippen LogP contribution is -2.27. The molecule has 2 heterocycles. The van der Waals surface area contributed by atoms with E-state index < -0.39 is 0 Å². The SMILES string of the molecule is C(=N[C@@H]1CCCC[C@H]1N=Cc1cccc2cc[nH]c12)c1cccc2cc[nH]c12. The first-order chi connectivity index (χ1) is 13.9. The van der Waals surface area contributed by atoms with Gasteiger partial charge in [0.1, 0.15) is 0 Å². The zero-order valence-electron chi connectivity index (χ0n) is 15.8. The summed E-state index contributed by atoms with van der Waals surface area (Å²) in [6.07, 6.45) is 12.7. The summed E-state index contributed by atoms with van der Waals surface area (Å²) in [5.41, 5.74) is 4.60. The maximum atomic E-state index is 4.96. The van der Waals surface area contributed by atoms with E-state index in [0.717, 1.165) is 35.0 Å². The number of fused-ring (bicyclic) bond motifs is 2. The number of benzene rings is 2. The molecule has 0 spiro atoms. The highest BCUT2D eigenvalue weighted by molar-refractivity contribution is 5.98. The minimum atomic E-state index is 0.248. The van der Waals surface area contributed by atoms with Crippen molar-refractivity contribution in [1.82, 2.24) is 9.97 Å². The maximum absolute atomic E-state index is 4.96. The van der Waals surface area contributed by atoms with E-state index in [1.54, 1.807) is 0 Å². The molecule has 5 rings (SSSR count). The van der Waals surface area contributed by atoms with Crippen molar-refractivity contribution in [2.75, 3.05) is 0 Å². The molecule has 0 bridgehead atoms. The number of nitrogens with zero attached hydrogens (tertiary/aromatic N) is 2. The average Bonchev–Trinajstić information content (AvgIpc) is 3.41. The molecule has 2 atom stereocenters. The van der Waals surface area contributed by atoms with Gasteiger partial charge < -0.3 is 9.97 Å². The van der Waals surface area contributed by atoms with Gasteiger partial charge in [-0.1, -0.05) is 49.2 Å². The van der Waals surface area contributed by atoms with Crippen molar-refractivity contribution in [3.05, 3.63) is 72.1 Å². The third-order valence-electron chi connectivity index (χ3n) is 5.74. The smallest absolute Gasteiger partial charge is 0.0723 e. The predicted octanol–water partition coefficient (Wildman–Crippen LogP) is 5.50. The van der Waals surface area contributed by atoms with Crippen molar-refractivity contribution in [2.45, 2.75) is 37.8 Å². The van der Waals surface area contributed by atoms with E-state index in [9.17, 15) is 0 Å². The van der Waals surface area contributed by atoms with E-state index in [0.29, 0.717) is 0 Å². The molecule has 0 aliphatic heterocycles. The number of rotatable bonds is 4. The van der Waals surface area contributed by atoms with E-state index in [1.807, 2.05) is 24.8 Å². The Morgan fingerprint density at radius 3 is 1.68 bits per heavy atom. The summed E-state index contributed by atoms with van der Waals surface area (Å²) in [4.78, 5) is 16.6. The number of nitrogens with one attached hydrogen (secondary N) is 2. The maximum Gasteiger partial charge on any atom is 0.0723 e. The molecule has 4 nitrogen and oxygen atoms in total. The Bertz CT molecular complexity index is 1060. The zero-order chi connectivity index (χ0) is 18.8. The van der Waals surface area contributed by atoms with Gasteiger partial charge in [-0.05, 0) is 25.0 Å². The molecule has 140 valence electrons. The van der Waals surface area contributed by atoms with Crippen LogP contribution in [0.25, 0.3) is 21.8 Å². The number of hydrogen-bond acceptors (Lipinski definition) is 2. The first kappa shape index (κ1) is 17.0. The summed E-state index contributed by atoms with van der Waals surface area (Å²) in [5, 5.41) is 2.45. The lowest BCUT2D eigenvalue weighted by Gasteiger charge is -2.25. The molecule has 1 saturated carbocycles. The van der Waals surface area contributed by atoms with Crippen molar-refractivity contribution in [3.8, 4) is 0 Å². The molecule has 28 heavy (non-hydrogen) atoms. The average molecular weight is 368 g/mol. The number of hydrogen-bond donors (Lipinski definition) is 2. The molecular weight excluding hydrogens is 344 g/mol. The normalized spacial score (nSPS) is 20.7. The molecule has 0 saturated heterocycles. The highest BCUT2D eigenvalue weighted by Crippen LogP contribution is 2.25. The molecule has 0 unspecified atom stereocenters. The summed E-state index contributed by atoms with van der Waals surface area (Å²) < 4.78 is 0. The van der Waals surface area contributed by atoms with Gasteiger partial charge in [0.05, 0.1) is 23.1 Å². The van der Waals surface area contributed by atoms with Crippen molar-refractivity contribution in [2.24, 2.45) is 9.98 Å². The first-order valence-corrected chi connectivity index (χ1v) is 10.1. The Labute approximate surface area is 164 Å². The fourth-order valence-corrected chi connectivity index (χ4v) is 4.22. The molecule has 1 fully saturated rings. The van der Waals surface area contributed by atoms with Crippen LogP contribution in [0.1, 0.15) is 36.8 Å². The van der Waals surface area contributed by atoms with Gasteiger partial charge in [0.15, 0.2) is 0 Å². The fraction of sp³-hybridized carbons (Fsp3) is 0.250. The molecule has 2 N–H and O–H groups in total. The van der Waals surface area contributed by atoms with E-state index in [-0.39, 0.29) is 12.1 Å². The molecule has 0 radical (unpaired) electrons. The van der Waals surface area contributed by atoms with Crippen LogP contribution in [0, 0.1) is 0 Å². The van der Waals surface area contributed by atoms with Gasteiger partial charge in [0.2, 0.25) is 0 Å². The Balaban J connectivity index is 1.39. The molecule has 2 aromatic heterocycles. The van der Waals surface area contributed by atoms with Crippen LogP contribution in [0.3, 0.4) is 0 Å². The molecule has 1 aliphatic carbocycles. The molecule has 0 amide bonds. The molecule has 2 aromatic carbocycles. The van der Waals surface area contributed by atoms with Crippen molar-refractivity contribution in [3.63, 3.8) is 0 Å². The second-order valence-electron chi connectivity index (χ2n) is 7.55. The molecule has 4 aromatic rings. The molecule has 1 aliphatic rings. The van der Waals surface area contributed by atoms with E-state index in [2.05, 4.69) is 58.5 Å². The first-order valence-electron chi connectivity index (χ1n) is 10.1. The Kier molecular flexibility index (Phi) is 4.53. The van der Waals surface area contributed by atoms with Crippen LogP contribution >= 0.6 is 0 Å². The summed E-state index contributed by atoms with van der Waals surface area (Å²) in [6.45, 7) is 0. The van der Waals surface area contributed by atoms with E-state index >= 15 is 0 Å². The molecule has 4 heteroatoms. The third-order valence-corrected chi connectivity index (χ3v) is 5.74. The van der Waals surface area contributed by atoms with Gasteiger partial charge in [0, 0.05) is 46.7 Å². The number of H-pyrrole nitrogens is 2. The fourth-order valence-electron chi connectivity index (χ4n) is 4.22. The third kappa shape index (κ3) is 3.26. The van der Waals surface area contributed by atoms with Crippen molar-refractivity contribution >= 4 is 34.2 Å². The summed E-state index contributed by atoms with van der Waals surface area (Å²) in [5.74, 6) is 0. The highest BCUT2D eigenvalue weighted by atomic mass is 14.9. The number of aliphatic imine (C=N–C) groups is 2. The lowest BCUT2D eigenvalue weighted by atomic mass is 9.91. The number of aromatic nitrogens is 2. The van der Waals surface area contributed by atoms with Gasteiger partial charge in [0.25, 0.3) is 0 Å². The van der Waals surface area contributed by atoms with Gasteiger partial charge in [-0.3, -0.25) is 9.98 Å². The van der Waals surface area contributed by atoms with E-state index in [4.69, 9.17) is 9.98 Å². The van der Waals surface area contributed by atoms with E-state index in [1.165, 1.54) is 23.6 Å². The van der Waals surface area contributed by atoms with Gasteiger partial charge in [-0.2, -0.15) is 0 Å². The molecular formula is C24H24N4. The quantitative estimate of drug-likeness (QED) is 0.447. The Morgan fingerprint density at radius 1 is 0.679 bits per heavy atom. The van der Waals surface area contributed by atoms with Crippen LogP contribution in [-0.2, 0) is 0 Å². The summed E-state index contributed by atoms with van der Waals surface area (Å²) in [7, 11) is 0. The summed E-state index contributed by atoms with van der Waals surface area (Å²) >= 11 is 0. The van der Waals surface area contributed by atoms with Crippen LogP contribution in [0.4, 0.5) is 0 Å². The number of aromatic amines is 2. The van der Waals surface area contributed by atoms with Crippen molar-refractivity contribution in [1.29, 1.82) is 0 Å². The van der Waals surface area contributed by atoms with Gasteiger partial charge in [-0.15, -0.1) is 0 Å². The van der Waals surface area contributed by atoms with Crippen LogP contribution in [0.5, 0.6) is 0 Å². The van der Waals surface area contributed by atoms with Crippen molar-refractivity contribution < 1.29 is 0 Å². The number of para-hydroxylation sites is 2. The van der Waals surface area contributed by atoms with Gasteiger partial charge in [-0.25, -0.2) is 0 Å². The van der Waals surface area contributed by atoms with Crippen LogP contribution in [-0.4, -0.2) is 34.5 Å². The highest BCUT2D eigenvalue weighted by Gasteiger charge is 2.23. The standard InChI is InChI=1S/C24H24N4/c1-2-10-22(28-16-20-8-4-6-18-12-14-26-24(18)20)21(9-1)27-15-19-7-3-5-17-11-13-25-23(17)19/h3-8,11-16,21-22,25-26H,1-2,9-10H2/t21-,22-/m1/s1. The van der Waals surface area contributed by atoms with Crippen LogP contribution in [0.2, 0.25) is 0 Å². The largest absolute Gasteiger partial charge is 0.361 e. The Hall–Kier alpha value is -3.14. The Morgan fingerprint density at radius 2 is 1.18 bits per heavy atom. The summed E-state index contributed by atoms with van der Waals surface area (Å²) in [6, 6.07) is 17.4. The lowest BCUT2D eigenvalue weighted by molar-refractivity contribution is 0.390. The minimum absolute atomic E-state index is 0.248. The van der Waals surface area contributed by atoms with Crippen LogP contribution < -0.4 is 0 Å². The predicted molar refractivity (Wildman–Crippen MR) is 118 cm³/mol. The topological polar surface area (TPSA) is 56.3 Å². The minimum Gasteiger partial charge on any atom is -0.361 e. The zero-order valence-corrected chi connectivity index (χ0v) is 15.8. The van der Waals surface area contributed by atoms with Crippen LogP contribution in [0.15, 0.2) is 70.9 Å². The monoisotopic (exact) mass is 368 g/mol. The second kappa shape index (κ2) is 7.47.